The highest BCUT2D eigenvalue weighted by molar-refractivity contribution is 5.91. The molecule has 0 radical (unpaired) electrons. The summed E-state index contributed by atoms with van der Waals surface area (Å²) in [6, 6.07) is 8.17. The number of aromatic nitrogens is 1. The first kappa shape index (κ1) is 21.6. The fraction of sp³-hybridized carbons (Fsp3) is 0.565. The molecule has 168 valence electrons. The fourth-order valence-electron chi connectivity index (χ4n) is 4.25. The molecular formula is C23H33N5O3. The molecule has 8 nitrogen and oxygen atoms in total. The van der Waals surface area contributed by atoms with Crippen LogP contribution in [0.4, 0.5) is 5.69 Å². The number of piperidine rings is 1. The minimum absolute atomic E-state index is 0.158. The van der Waals surface area contributed by atoms with E-state index in [4.69, 9.17) is 9.15 Å². The first-order chi connectivity index (χ1) is 15.2. The molecule has 0 saturated carbocycles. The van der Waals surface area contributed by atoms with Crippen molar-refractivity contribution in [2.45, 2.75) is 25.8 Å². The van der Waals surface area contributed by atoms with Gasteiger partial charge in [0.15, 0.2) is 5.69 Å². The van der Waals surface area contributed by atoms with Gasteiger partial charge in [0, 0.05) is 51.0 Å². The van der Waals surface area contributed by atoms with Crippen molar-refractivity contribution >= 4 is 11.6 Å². The Hall–Kier alpha value is -2.58. The Morgan fingerprint density at radius 1 is 1.10 bits per heavy atom. The average molecular weight is 428 g/mol. The first-order valence-electron chi connectivity index (χ1n) is 11.3. The van der Waals surface area contributed by atoms with Gasteiger partial charge in [0.25, 0.3) is 5.91 Å². The molecule has 0 bridgehead atoms. The number of methoxy groups -OCH3 is 1. The Morgan fingerprint density at radius 3 is 2.68 bits per heavy atom. The van der Waals surface area contributed by atoms with Crippen molar-refractivity contribution in [2.75, 3.05) is 64.4 Å². The summed E-state index contributed by atoms with van der Waals surface area (Å²) >= 11 is 0. The van der Waals surface area contributed by atoms with Crippen molar-refractivity contribution in [1.29, 1.82) is 0 Å². The lowest BCUT2D eigenvalue weighted by atomic mass is 10.1. The molecule has 0 aliphatic carbocycles. The third-order valence-electron chi connectivity index (χ3n) is 6.10. The number of carbonyl (C=O) groups is 1. The normalized spacial score (nSPS) is 18.2. The van der Waals surface area contributed by atoms with Gasteiger partial charge in [0.1, 0.15) is 12.0 Å². The number of rotatable bonds is 8. The molecule has 31 heavy (non-hydrogen) atoms. The first-order valence-corrected chi connectivity index (χ1v) is 11.3. The number of piperazine rings is 1. The zero-order valence-electron chi connectivity index (χ0n) is 18.4. The van der Waals surface area contributed by atoms with Gasteiger partial charge in [-0.25, -0.2) is 4.98 Å². The number of carbonyl (C=O) groups excluding carboxylic acids is 1. The van der Waals surface area contributed by atoms with Crippen LogP contribution in [0.2, 0.25) is 0 Å². The molecular weight excluding hydrogens is 394 g/mol. The predicted molar refractivity (Wildman–Crippen MR) is 120 cm³/mol. The maximum atomic E-state index is 12.4. The van der Waals surface area contributed by atoms with Crippen LogP contribution in [0.25, 0.3) is 0 Å². The Bertz CT molecular complexity index is 841. The van der Waals surface area contributed by atoms with Gasteiger partial charge in [-0.2, -0.15) is 0 Å². The Labute approximate surface area is 184 Å². The van der Waals surface area contributed by atoms with Crippen molar-refractivity contribution in [1.82, 2.24) is 20.1 Å². The molecule has 1 amide bonds. The highest BCUT2D eigenvalue weighted by atomic mass is 16.5. The largest absolute Gasteiger partial charge is 0.497 e. The number of nitrogens with zero attached hydrogens (tertiary/aromatic N) is 4. The van der Waals surface area contributed by atoms with Crippen LogP contribution in [-0.2, 0) is 6.54 Å². The van der Waals surface area contributed by atoms with Crippen LogP contribution < -0.4 is 15.0 Å². The van der Waals surface area contributed by atoms with E-state index in [0.717, 1.165) is 51.6 Å². The molecule has 1 N–H and O–H groups in total. The Balaban J connectivity index is 1.20. The number of nitrogens with one attached hydrogen (secondary N) is 1. The Morgan fingerprint density at radius 2 is 1.90 bits per heavy atom. The van der Waals surface area contributed by atoms with E-state index < -0.39 is 0 Å². The second-order valence-corrected chi connectivity index (χ2v) is 8.25. The van der Waals surface area contributed by atoms with Crippen molar-refractivity contribution < 1.29 is 13.9 Å². The zero-order chi connectivity index (χ0) is 21.5. The maximum Gasteiger partial charge on any atom is 0.273 e. The van der Waals surface area contributed by atoms with Crippen LogP contribution in [0, 0.1) is 0 Å². The van der Waals surface area contributed by atoms with Crippen molar-refractivity contribution in [2.24, 2.45) is 0 Å². The van der Waals surface area contributed by atoms with E-state index in [9.17, 15) is 4.79 Å². The van der Waals surface area contributed by atoms with Gasteiger partial charge >= 0.3 is 0 Å². The van der Waals surface area contributed by atoms with Crippen LogP contribution >= 0.6 is 0 Å². The number of benzene rings is 1. The molecule has 2 fully saturated rings. The van der Waals surface area contributed by atoms with Crippen LogP contribution in [-0.4, -0.2) is 80.2 Å². The van der Waals surface area contributed by atoms with Gasteiger partial charge in [-0.1, -0.05) is 12.5 Å². The molecule has 2 aromatic rings. The smallest absolute Gasteiger partial charge is 0.273 e. The van der Waals surface area contributed by atoms with Crippen LogP contribution in [0.1, 0.15) is 35.6 Å². The lowest BCUT2D eigenvalue weighted by Crippen LogP contribution is -2.46. The Kier molecular flexibility index (Phi) is 7.43. The van der Waals surface area contributed by atoms with Gasteiger partial charge < -0.3 is 24.3 Å². The fourth-order valence-corrected chi connectivity index (χ4v) is 4.25. The lowest BCUT2D eigenvalue weighted by molar-refractivity contribution is 0.0941. The van der Waals surface area contributed by atoms with E-state index in [-0.39, 0.29) is 5.91 Å². The minimum atomic E-state index is -0.158. The highest BCUT2D eigenvalue weighted by Gasteiger charge is 2.20. The van der Waals surface area contributed by atoms with E-state index in [0.29, 0.717) is 24.7 Å². The number of hydrogen-bond acceptors (Lipinski definition) is 7. The molecule has 2 saturated heterocycles. The number of anilines is 1. The summed E-state index contributed by atoms with van der Waals surface area (Å²) in [7, 11) is 1.69. The SMILES string of the molecule is COc1cccc(N2CCN(Cc3nc(C(=O)NCCN4CCCCC4)co3)CC2)c1. The highest BCUT2D eigenvalue weighted by Crippen LogP contribution is 2.22. The van der Waals surface area contributed by atoms with Crippen molar-refractivity contribution in [3.63, 3.8) is 0 Å². The molecule has 1 aromatic heterocycles. The summed E-state index contributed by atoms with van der Waals surface area (Å²) in [6.45, 7) is 8.11. The van der Waals surface area contributed by atoms with Crippen LogP contribution in [0.3, 0.4) is 0 Å². The van der Waals surface area contributed by atoms with E-state index in [1.165, 1.54) is 31.2 Å². The van der Waals surface area contributed by atoms with Crippen LogP contribution in [0.15, 0.2) is 34.9 Å². The molecule has 0 atom stereocenters. The molecule has 8 heteroatoms. The van der Waals surface area contributed by atoms with Crippen molar-refractivity contribution in [3.05, 3.63) is 42.1 Å². The minimum Gasteiger partial charge on any atom is -0.497 e. The summed E-state index contributed by atoms with van der Waals surface area (Å²) < 4.78 is 10.9. The monoisotopic (exact) mass is 427 g/mol. The summed E-state index contributed by atoms with van der Waals surface area (Å²) in [5.41, 5.74) is 1.54. The van der Waals surface area contributed by atoms with E-state index in [1.54, 1.807) is 7.11 Å². The quantitative estimate of drug-likeness (QED) is 0.692. The van der Waals surface area contributed by atoms with E-state index >= 15 is 0 Å². The summed E-state index contributed by atoms with van der Waals surface area (Å²) in [5, 5.41) is 2.96. The third kappa shape index (κ3) is 5.98. The standard InChI is InChI=1S/C23H33N5O3/c1-30-20-7-5-6-19(16-20)28-14-12-27(13-15-28)17-22-25-21(18-31-22)23(29)24-8-11-26-9-3-2-4-10-26/h5-7,16,18H,2-4,8-15,17H2,1H3,(H,24,29). The molecule has 4 rings (SSSR count). The summed E-state index contributed by atoms with van der Waals surface area (Å²) in [6.07, 6.45) is 5.31. The number of likely N-dealkylation sites (tertiary alicyclic amines) is 1. The second-order valence-electron chi connectivity index (χ2n) is 8.25. The maximum absolute atomic E-state index is 12.4. The van der Waals surface area contributed by atoms with Gasteiger partial charge in [0.05, 0.1) is 13.7 Å². The van der Waals surface area contributed by atoms with Gasteiger partial charge in [-0.3, -0.25) is 9.69 Å². The molecule has 1 aromatic carbocycles. The molecule has 0 spiro atoms. The topological polar surface area (TPSA) is 74.1 Å². The summed E-state index contributed by atoms with van der Waals surface area (Å²) in [4.78, 5) is 23.8. The molecule has 3 heterocycles. The number of ether oxygens (including phenoxy) is 1. The number of amides is 1. The summed E-state index contributed by atoms with van der Waals surface area (Å²) in [5.74, 6) is 1.31. The lowest BCUT2D eigenvalue weighted by Gasteiger charge is -2.35. The second kappa shape index (κ2) is 10.6. The van der Waals surface area contributed by atoms with E-state index in [1.807, 2.05) is 12.1 Å². The van der Waals surface area contributed by atoms with Gasteiger partial charge in [-0.05, 0) is 38.1 Å². The van der Waals surface area contributed by atoms with Gasteiger partial charge in [-0.15, -0.1) is 0 Å². The van der Waals surface area contributed by atoms with Crippen molar-refractivity contribution in [3.8, 4) is 5.75 Å². The van der Waals surface area contributed by atoms with Crippen LogP contribution in [0.5, 0.6) is 5.75 Å². The number of oxazole rings is 1. The zero-order valence-corrected chi connectivity index (χ0v) is 18.4. The average Bonchev–Trinajstić information content (AvgIpc) is 3.29. The predicted octanol–water partition coefficient (Wildman–Crippen LogP) is 2.22. The van der Waals surface area contributed by atoms with E-state index in [2.05, 4.69) is 37.1 Å². The molecule has 0 unspecified atom stereocenters. The molecule has 2 aliphatic rings. The molecule has 2 aliphatic heterocycles. The third-order valence-corrected chi connectivity index (χ3v) is 6.10. The van der Waals surface area contributed by atoms with Gasteiger partial charge in [0.2, 0.25) is 5.89 Å². The number of hydrogen-bond donors (Lipinski definition) is 1.